The minimum Gasteiger partial charge on any atom is -0.352 e. The van der Waals surface area contributed by atoms with Gasteiger partial charge < -0.3 is 10.2 Å². The van der Waals surface area contributed by atoms with Crippen LogP contribution in [0.2, 0.25) is 0 Å². The average Bonchev–Trinajstić information content (AvgIpc) is 2.63. The third-order valence-corrected chi connectivity index (χ3v) is 3.69. The number of aromatic nitrogens is 1. The van der Waals surface area contributed by atoms with Crippen molar-refractivity contribution >= 4 is 17.5 Å². The largest absolute Gasteiger partial charge is 0.352 e. The van der Waals surface area contributed by atoms with Gasteiger partial charge in [-0.1, -0.05) is 31.5 Å². The van der Waals surface area contributed by atoms with Crippen molar-refractivity contribution in [3.8, 4) is 0 Å². The summed E-state index contributed by atoms with van der Waals surface area (Å²) in [6.45, 7) is 5.14. The zero-order valence-electron chi connectivity index (χ0n) is 14.2. The Bertz CT molecular complexity index is 686. The Morgan fingerprint density at radius 1 is 1.08 bits per heavy atom. The number of carbonyl (C=O) groups excluding carboxylic acids is 2. The highest BCUT2D eigenvalue weighted by Gasteiger charge is 2.17. The van der Waals surface area contributed by atoms with Crippen molar-refractivity contribution in [2.24, 2.45) is 0 Å². The van der Waals surface area contributed by atoms with Crippen LogP contribution in [0.4, 0.5) is 5.69 Å². The number of hydrogen-bond donors (Lipinski definition) is 1. The van der Waals surface area contributed by atoms with E-state index in [0.29, 0.717) is 24.2 Å². The Morgan fingerprint density at radius 2 is 1.79 bits per heavy atom. The summed E-state index contributed by atoms with van der Waals surface area (Å²) in [6, 6.07) is 11.1. The van der Waals surface area contributed by atoms with Crippen molar-refractivity contribution in [2.45, 2.75) is 26.7 Å². The van der Waals surface area contributed by atoms with Gasteiger partial charge in [0, 0.05) is 31.2 Å². The van der Waals surface area contributed by atoms with Gasteiger partial charge in [0.1, 0.15) is 0 Å². The number of hydrogen-bond acceptors (Lipinski definition) is 3. The van der Waals surface area contributed by atoms with Gasteiger partial charge in [-0.3, -0.25) is 14.6 Å². The molecule has 5 heteroatoms. The van der Waals surface area contributed by atoms with Crippen LogP contribution in [0.3, 0.4) is 0 Å². The Labute approximate surface area is 142 Å². The van der Waals surface area contributed by atoms with Crippen molar-refractivity contribution in [1.82, 2.24) is 10.3 Å². The predicted octanol–water partition coefficient (Wildman–Crippen LogP) is 3.28. The van der Waals surface area contributed by atoms with E-state index < -0.39 is 0 Å². The molecule has 5 nitrogen and oxygen atoms in total. The van der Waals surface area contributed by atoms with Crippen molar-refractivity contribution in [3.63, 3.8) is 0 Å². The smallest absolute Gasteiger partial charge is 0.259 e. The number of para-hydroxylation sites is 1. The van der Waals surface area contributed by atoms with Crippen molar-refractivity contribution in [2.75, 3.05) is 18.0 Å². The molecule has 0 spiro atoms. The highest BCUT2D eigenvalue weighted by atomic mass is 16.2. The van der Waals surface area contributed by atoms with E-state index in [1.54, 1.807) is 11.0 Å². The van der Waals surface area contributed by atoms with Gasteiger partial charge in [-0.25, -0.2) is 0 Å². The molecular formula is C19H23N3O2. The first kappa shape index (κ1) is 17.7. The van der Waals surface area contributed by atoms with Crippen LogP contribution in [-0.2, 0) is 0 Å². The zero-order chi connectivity index (χ0) is 17.4. The minimum atomic E-state index is -0.201. The van der Waals surface area contributed by atoms with Gasteiger partial charge in [-0.05, 0) is 31.5 Å². The number of benzene rings is 1. The lowest BCUT2D eigenvalue weighted by Crippen LogP contribution is -2.31. The lowest BCUT2D eigenvalue weighted by molar-refractivity contribution is 0.0953. The highest BCUT2D eigenvalue weighted by molar-refractivity contribution is 6.07. The Morgan fingerprint density at radius 3 is 2.46 bits per heavy atom. The van der Waals surface area contributed by atoms with E-state index in [-0.39, 0.29) is 11.8 Å². The molecule has 1 aromatic carbocycles. The number of unbranched alkanes of at least 4 members (excludes halogenated alkanes) is 1. The zero-order valence-corrected chi connectivity index (χ0v) is 14.2. The molecule has 0 atom stereocenters. The van der Waals surface area contributed by atoms with Gasteiger partial charge in [-0.15, -0.1) is 0 Å². The standard InChI is InChI=1S/C19H23N3O2/c1-3-5-11-21-18(23)15-12-16(14-20-13-15)19(24)22(4-2)17-9-7-6-8-10-17/h6-10,12-14H,3-5,11H2,1-2H3,(H,21,23). The molecule has 1 aromatic heterocycles. The SMILES string of the molecule is CCCCNC(=O)c1cncc(C(=O)N(CC)c2ccccc2)c1. The maximum atomic E-state index is 12.8. The number of anilines is 1. The van der Waals surface area contributed by atoms with Crippen molar-refractivity contribution in [1.29, 1.82) is 0 Å². The number of nitrogens with zero attached hydrogens (tertiary/aromatic N) is 2. The van der Waals surface area contributed by atoms with Crippen LogP contribution in [0, 0.1) is 0 Å². The van der Waals surface area contributed by atoms with Crippen LogP contribution in [-0.4, -0.2) is 29.9 Å². The van der Waals surface area contributed by atoms with Crippen LogP contribution in [0.5, 0.6) is 0 Å². The number of carbonyl (C=O) groups is 2. The second kappa shape index (κ2) is 8.82. The summed E-state index contributed by atoms with van der Waals surface area (Å²) >= 11 is 0. The first-order valence-electron chi connectivity index (χ1n) is 8.27. The molecule has 0 bridgehead atoms. The first-order chi connectivity index (χ1) is 11.7. The highest BCUT2D eigenvalue weighted by Crippen LogP contribution is 2.16. The second-order valence-electron chi connectivity index (χ2n) is 5.46. The third kappa shape index (κ3) is 4.41. The third-order valence-electron chi connectivity index (χ3n) is 3.69. The lowest BCUT2D eigenvalue weighted by Gasteiger charge is -2.21. The molecule has 0 aliphatic carbocycles. The summed E-state index contributed by atoms with van der Waals surface area (Å²) in [5.74, 6) is -0.368. The predicted molar refractivity (Wildman–Crippen MR) is 95.3 cm³/mol. The number of pyridine rings is 1. The molecule has 0 radical (unpaired) electrons. The normalized spacial score (nSPS) is 10.2. The van der Waals surface area contributed by atoms with Gasteiger partial charge >= 0.3 is 0 Å². The monoisotopic (exact) mass is 325 g/mol. The quantitative estimate of drug-likeness (QED) is 0.795. The van der Waals surface area contributed by atoms with Crippen molar-refractivity contribution < 1.29 is 9.59 Å². The summed E-state index contributed by atoms with van der Waals surface area (Å²) in [5.41, 5.74) is 1.63. The maximum absolute atomic E-state index is 12.8. The summed E-state index contributed by atoms with van der Waals surface area (Å²) in [5, 5.41) is 2.84. The van der Waals surface area contributed by atoms with Crippen LogP contribution in [0.25, 0.3) is 0 Å². The fraction of sp³-hybridized carbons (Fsp3) is 0.316. The maximum Gasteiger partial charge on any atom is 0.259 e. The number of nitrogens with one attached hydrogen (secondary N) is 1. The van der Waals surface area contributed by atoms with Crippen LogP contribution in [0.1, 0.15) is 47.4 Å². The Kier molecular flexibility index (Phi) is 6.49. The molecular weight excluding hydrogens is 302 g/mol. The van der Waals surface area contributed by atoms with Crippen molar-refractivity contribution in [3.05, 3.63) is 59.9 Å². The Balaban J connectivity index is 2.17. The van der Waals surface area contributed by atoms with E-state index in [9.17, 15) is 9.59 Å². The van der Waals surface area contributed by atoms with E-state index >= 15 is 0 Å². The minimum absolute atomic E-state index is 0.167. The Hall–Kier alpha value is -2.69. The van der Waals surface area contributed by atoms with E-state index in [0.717, 1.165) is 18.5 Å². The molecule has 0 unspecified atom stereocenters. The molecule has 0 aliphatic heterocycles. The van der Waals surface area contributed by atoms with E-state index in [2.05, 4.69) is 17.2 Å². The summed E-state index contributed by atoms with van der Waals surface area (Å²) in [4.78, 5) is 30.6. The molecule has 2 rings (SSSR count). The molecule has 0 saturated carbocycles. The molecule has 126 valence electrons. The summed E-state index contributed by atoms with van der Waals surface area (Å²) in [7, 11) is 0. The average molecular weight is 325 g/mol. The summed E-state index contributed by atoms with van der Waals surface area (Å²) < 4.78 is 0. The van der Waals surface area contributed by atoms with Gasteiger partial charge in [0.15, 0.2) is 0 Å². The van der Waals surface area contributed by atoms with Gasteiger partial charge in [0.05, 0.1) is 11.1 Å². The summed E-state index contributed by atoms with van der Waals surface area (Å²) in [6.07, 6.45) is 4.92. The van der Waals surface area contributed by atoms with Gasteiger partial charge in [0.2, 0.25) is 0 Å². The molecule has 24 heavy (non-hydrogen) atoms. The van der Waals surface area contributed by atoms with Gasteiger partial charge in [-0.2, -0.15) is 0 Å². The lowest BCUT2D eigenvalue weighted by atomic mass is 10.1. The first-order valence-corrected chi connectivity index (χ1v) is 8.27. The molecule has 1 heterocycles. The number of rotatable bonds is 7. The topological polar surface area (TPSA) is 62.3 Å². The molecule has 2 amide bonds. The van der Waals surface area contributed by atoms with Gasteiger partial charge in [0.25, 0.3) is 11.8 Å². The van der Waals surface area contributed by atoms with E-state index in [1.807, 2.05) is 37.3 Å². The molecule has 0 aliphatic rings. The van der Waals surface area contributed by atoms with Crippen LogP contribution >= 0.6 is 0 Å². The molecule has 1 N–H and O–H groups in total. The molecule has 2 aromatic rings. The fourth-order valence-corrected chi connectivity index (χ4v) is 2.37. The second-order valence-corrected chi connectivity index (χ2v) is 5.46. The molecule has 0 fully saturated rings. The molecule has 0 saturated heterocycles. The van der Waals surface area contributed by atoms with Crippen LogP contribution < -0.4 is 10.2 Å². The van der Waals surface area contributed by atoms with Crippen LogP contribution in [0.15, 0.2) is 48.8 Å². The van der Waals surface area contributed by atoms with E-state index in [1.165, 1.54) is 12.4 Å². The fourth-order valence-electron chi connectivity index (χ4n) is 2.37. The van der Waals surface area contributed by atoms with E-state index in [4.69, 9.17) is 0 Å². The number of amides is 2.